The molecular weight excluding hydrogens is 152 g/mol. The monoisotopic (exact) mass is 170 g/mol. The van der Waals surface area contributed by atoms with Gasteiger partial charge in [-0.25, -0.2) is 0 Å². The van der Waals surface area contributed by atoms with E-state index in [1.54, 1.807) is 21.0 Å². The first kappa shape index (κ1) is 11.4. The van der Waals surface area contributed by atoms with Crippen LogP contribution in [0.2, 0.25) is 0 Å². The molecule has 0 unspecified atom stereocenters. The van der Waals surface area contributed by atoms with Gasteiger partial charge in [0.1, 0.15) is 5.60 Å². The maximum absolute atomic E-state index is 11.5. The van der Waals surface area contributed by atoms with Crippen molar-refractivity contribution < 1.29 is 9.53 Å². The number of Topliss-reactive ketones (excluding diaryl/α,β-unsaturated/α-hetero) is 1. The lowest BCUT2D eigenvalue weighted by Gasteiger charge is -2.21. The summed E-state index contributed by atoms with van der Waals surface area (Å²) in [5.74, 6) is 0.0943. The summed E-state index contributed by atoms with van der Waals surface area (Å²) in [6.07, 6.45) is 1.28. The van der Waals surface area contributed by atoms with Gasteiger partial charge < -0.3 is 4.74 Å². The quantitative estimate of drug-likeness (QED) is 0.592. The Morgan fingerprint density at radius 3 is 2.33 bits per heavy atom. The number of allylic oxidation sites excluding steroid dienone is 1. The Morgan fingerprint density at radius 2 is 2.00 bits per heavy atom. The summed E-state index contributed by atoms with van der Waals surface area (Å²) in [6.45, 7) is 9.33. The van der Waals surface area contributed by atoms with Crippen LogP contribution in [0.1, 0.15) is 33.6 Å². The Hall–Kier alpha value is -0.630. The van der Waals surface area contributed by atoms with Crippen molar-refractivity contribution in [2.45, 2.75) is 39.2 Å². The van der Waals surface area contributed by atoms with Gasteiger partial charge >= 0.3 is 0 Å². The minimum atomic E-state index is -0.669. The molecule has 0 fully saturated rings. The summed E-state index contributed by atoms with van der Waals surface area (Å²) in [7, 11) is 1.55. The van der Waals surface area contributed by atoms with Crippen molar-refractivity contribution in [3.05, 3.63) is 12.2 Å². The molecular formula is C10H18O2. The van der Waals surface area contributed by atoms with Gasteiger partial charge in [0, 0.05) is 13.5 Å². The van der Waals surface area contributed by atoms with Crippen molar-refractivity contribution in [3.8, 4) is 0 Å². The van der Waals surface area contributed by atoms with Crippen molar-refractivity contribution in [2.75, 3.05) is 7.11 Å². The van der Waals surface area contributed by atoms with E-state index < -0.39 is 5.60 Å². The molecule has 0 aromatic rings. The zero-order chi connectivity index (χ0) is 9.78. The van der Waals surface area contributed by atoms with Crippen LogP contribution in [0.5, 0.6) is 0 Å². The SMILES string of the molecule is C=C(CC)CC(=O)C(C)(C)OC. The Bertz CT molecular complexity index is 180. The number of rotatable bonds is 5. The zero-order valence-electron chi connectivity index (χ0n) is 8.44. The number of ether oxygens (including phenoxy) is 1. The molecule has 2 heteroatoms. The maximum Gasteiger partial charge on any atom is 0.168 e. The molecule has 0 saturated carbocycles. The molecule has 0 N–H and O–H groups in total. The van der Waals surface area contributed by atoms with Crippen LogP contribution < -0.4 is 0 Å². The van der Waals surface area contributed by atoms with Gasteiger partial charge in [-0.05, 0) is 20.3 Å². The first-order valence-corrected chi connectivity index (χ1v) is 4.19. The number of ketones is 1. The van der Waals surface area contributed by atoms with Gasteiger partial charge in [0.25, 0.3) is 0 Å². The average Bonchev–Trinajstić information content (AvgIpc) is 2.04. The smallest absolute Gasteiger partial charge is 0.168 e. The van der Waals surface area contributed by atoms with E-state index >= 15 is 0 Å². The highest BCUT2D eigenvalue weighted by Crippen LogP contribution is 2.15. The molecule has 0 heterocycles. The lowest BCUT2D eigenvalue weighted by molar-refractivity contribution is -0.136. The van der Waals surface area contributed by atoms with E-state index in [4.69, 9.17) is 4.74 Å². The molecule has 0 aliphatic heterocycles. The fourth-order valence-electron chi connectivity index (χ4n) is 0.679. The topological polar surface area (TPSA) is 26.3 Å². The van der Waals surface area contributed by atoms with Crippen molar-refractivity contribution in [2.24, 2.45) is 0 Å². The molecule has 0 aliphatic rings. The Kier molecular flexibility index (Phi) is 4.18. The van der Waals surface area contributed by atoms with Gasteiger partial charge in [-0.15, -0.1) is 0 Å². The molecule has 0 atom stereocenters. The molecule has 0 aromatic carbocycles. The van der Waals surface area contributed by atoms with Crippen LogP contribution in [-0.2, 0) is 9.53 Å². The molecule has 0 amide bonds. The minimum Gasteiger partial charge on any atom is -0.371 e. The number of methoxy groups -OCH3 is 1. The van der Waals surface area contributed by atoms with E-state index in [1.807, 2.05) is 6.92 Å². The number of hydrogen-bond acceptors (Lipinski definition) is 2. The van der Waals surface area contributed by atoms with Crippen LogP contribution in [0.25, 0.3) is 0 Å². The van der Waals surface area contributed by atoms with Gasteiger partial charge in [0.05, 0.1) is 0 Å². The normalized spacial score (nSPS) is 11.3. The first-order chi connectivity index (χ1) is 5.44. The van der Waals surface area contributed by atoms with Gasteiger partial charge in [-0.3, -0.25) is 4.79 Å². The average molecular weight is 170 g/mol. The summed E-state index contributed by atoms with van der Waals surface area (Å²) in [6, 6.07) is 0. The molecule has 0 saturated heterocycles. The minimum absolute atomic E-state index is 0.0943. The highest BCUT2D eigenvalue weighted by Gasteiger charge is 2.26. The van der Waals surface area contributed by atoms with Gasteiger partial charge in [-0.2, -0.15) is 0 Å². The summed E-state index contributed by atoms with van der Waals surface area (Å²) in [5, 5.41) is 0. The molecule has 0 aromatic heterocycles. The van der Waals surface area contributed by atoms with Crippen molar-refractivity contribution in [1.82, 2.24) is 0 Å². The lowest BCUT2D eigenvalue weighted by Crippen LogP contribution is -2.33. The van der Waals surface area contributed by atoms with Crippen LogP contribution in [0.15, 0.2) is 12.2 Å². The van der Waals surface area contributed by atoms with E-state index in [9.17, 15) is 4.79 Å². The molecule has 0 aliphatic carbocycles. The summed E-state index contributed by atoms with van der Waals surface area (Å²) < 4.78 is 5.05. The van der Waals surface area contributed by atoms with E-state index in [-0.39, 0.29) is 5.78 Å². The zero-order valence-corrected chi connectivity index (χ0v) is 8.44. The predicted octanol–water partition coefficient (Wildman–Crippen LogP) is 2.34. The molecule has 0 radical (unpaired) electrons. The van der Waals surface area contributed by atoms with E-state index in [0.717, 1.165) is 12.0 Å². The fraction of sp³-hybridized carbons (Fsp3) is 0.700. The van der Waals surface area contributed by atoms with E-state index in [2.05, 4.69) is 6.58 Å². The third kappa shape index (κ3) is 3.18. The second-order valence-electron chi connectivity index (χ2n) is 3.42. The Balaban J connectivity index is 4.13. The third-order valence-electron chi connectivity index (χ3n) is 2.09. The summed E-state index contributed by atoms with van der Waals surface area (Å²) in [4.78, 5) is 11.5. The fourth-order valence-corrected chi connectivity index (χ4v) is 0.679. The third-order valence-corrected chi connectivity index (χ3v) is 2.09. The first-order valence-electron chi connectivity index (χ1n) is 4.19. The number of carbonyl (C=O) groups excluding carboxylic acids is 1. The van der Waals surface area contributed by atoms with Gasteiger partial charge in [-0.1, -0.05) is 19.1 Å². The van der Waals surface area contributed by atoms with Crippen molar-refractivity contribution >= 4 is 5.78 Å². The van der Waals surface area contributed by atoms with Crippen LogP contribution in [0.4, 0.5) is 0 Å². The predicted molar refractivity (Wildman–Crippen MR) is 50.1 cm³/mol. The molecule has 0 rings (SSSR count). The molecule has 2 nitrogen and oxygen atoms in total. The number of hydrogen-bond donors (Lipinski definition) is 0. The standard InChI is InChI=1S/C10H18O2/c1-6-8(2)7-9(11)10(3,4)12-5/h2,6-7H2,1,3-5H3. The highest BCUT2D eigenvalue weighted by molar-refractivity contribution is 5.88. The Labute approximate surface area is 74.6 Å². The van der Waals surface area contributed by atoms with Gasteiger partial charge in [0.2, 0.25) is 0 Å². The molecule has 12 heavy (non-hydrogen) atoms. The largest absolute Gasteiger partial charge is 0.371 e. The molecule has 0 bridgehead atoms. The van der Waals surface area contributed by atoms with Crippen LogP contribution >= 0.6 is 0 Å². The van der Waals surface area contributed by atoms with E-state index in [1.165, 1.54) is 0 Å². The van der Waals surface area contributed by atoms with Crippen LogP contribution in [0, 0.1) is 0 Å². The number of carbonyl (C=O) groups is 1. The van der Waals surface area contributed by atoms with E-state index in [0.29, 0.717) is 6.42 Å². The van der Waals surface area contributed by atoms with Gasteiger partial charge in [0.15, 0.2) is 5.78 Å². The second-order valence-corrected chi connectivity index (χ2v) is 3.42. The van der Waals surface area contributed by atoms with Crippen LogP contribution in [0.3, 0.4) is 0 Å². The molecule has 0 spiro atoms. The lowest BCUT2D eigenvalue weighted by atomic mass is 9.96. The summed E-state index contributed by atoms with van der Waals surface area (Å²) >= 11 is 0. The second kappa shape index (κ2) is 4.41. The maximum atomic E-state index is 11.5. The van der Waals surface area contributed by atoms with Crippen molar-refractivity contribution in [1.29, 1.82) is 0 Å². The molecule has 70 valence electrons. The highest BCUT2D eigenvalue weighted by atomic mass is 16.5. The summed E-state index contributed by atoms with van der Waals surface area (Å²) in [5.41, 5.74) is 0.295. The van der Waals surface area contributed by atoms with Crippen molar-refractivity contribution in [3.63, 3.8) is 0 Å². The Morgan fingerprint density at radius 1 is 1.50 bits per heavy atom. The van der Waals surface area contributed by atoms with Crippen LogP contribution in [-0.4, -0.2) is 18.5 Å².